The van der Waals surface area contributed by atoms with Gasteiger partial charge >= 0.3 is 21.7 Å². The minimum absolute atomic E-state index is 0. The topological polar surface area (TPSA) is 0 Å². The van der Waals surface area contributed by atoms with E-state index in [1.54, 1.807) is 10.8 Å². The van der Waals surface area contributed by atoms with Gasteiger partial charge in [-0.1, -0.05) is 188 Å². The van der Waals surface area contributed by atoms with Gasteiger partial charge < -0.3 is 37.2 Å². The molecule has 1 atom stereocenters. The third-order valence-corrected chi connectivity index (χ3v) is 12.5. The third-order valence-electron chi connectivity index (χ3n) is 10.4. The molecule has 0 aliphatic rings. The first kappa shape index (κ1) is 45.4. The molecule has 0 aromatic heterocycles. The second-order valence-electron chi connectivity index (χ2n) is 14.1. The van der Waals surface area contributed by atoms with Crippen LogP contribution in [0.25, 0.3) is 11.1 Å². The van der Waals surface area contributed by atoms with Gasteiger partial charge in [-0.3, -0.25) is 0 Å². The van der Waals surface area contributed by atoms with Crippen molar-refractivity contribution in [3.8, 4) is 11.1 Å². The van der Waals surface area contributed by atoms with Gasteiger partial charge in [-0.25, -0.2) is 0 Å². The first-order valence-corrected chi connectivity index (χ1v) is 19.4. The summed E-state index contributed by atoms with van der Waals surface area (Å²) in [4.78, 5) is 0. The molecule has 0 spiro atoms. The van der Waals surface area contributed by atoms with Crippen LogP contribution in [0.15, 0.2) is 115 Å². The van der Waals surface area contributed by atoms with Crippen molar-refractivity contribution >= 4 is 14.7 Å². The molecule has 0 bridgehead atoms. The standard InChI is InChI=1S/C47H51Si.3ClH.Ti/c1-8-36-23-37(9-2)28-43(27-36)47(48-44-21-31(3)20-32(4)22-44)46-35(7)33(5)34(6)45(46)42-29-40(24-38-16-12-10-13-17-38)26-41(30-42)25-39-18-14-11-15-19-39;;;;/h10-23,26-30,47H,8-9,24-25,48H2,1-7H3;3*1H;/q-1;;;;+4/p-3. The van der Waals surface area contributed by atoms with E-state index in [1.807, 2.05) is 0 Å². The zero-order valence-corrected chi connectivity index (χ0v) is 37.0. The molecule has 5 heteroatoms. The maximum absolute atomic E-state index is 2.53. The van der Waals surface area contributed by atoms with E-state index in [0.717, 1.165) is 25.7 Å². The second kappa shape index (κ2) is 20.6. The number of hydrogen-bond donors (Lipinski definition) is 0. The van der Waals surface area contributed by atoms with Crippen LogP contribution in [0.2, 0.25) is 0 Å². The van der Waals surface area contributed by atoms with Crippen molar-refractivity contribution in [2.75, 3.05) is 0 Å². The van der Waals surface area contributed by atoms with Crippen molar-refractivity contribution < 1.29 is 58.9 Å². The summed E-state index contributed by atoms with van der Waals surface area (Å²) in [6.45, 7) is 16.2. The molecule has 1 unspecified atom stereocenters. The summed E-state index contributed by atoms with van der Waals surface area (Å²) in [5, 5.41) is 1.56. The summed E-state index contributed by atoms with van der Waals surface area (Å²) in [6, 6.07) is 44.1. The van der Waals surface area contributed by atoms with Crippen LogP contribution in [0.1, 0.15) is 91.7 Å². The van der Waals surface area contributed by atoms with E-state index in [2.05, 4.69) is 164 Å². The van der Waals surface area contributed by atoms with Crippen LogP contribution >= 0.6 is 0 Å². The zero-order chi connectivity index (χ0) is 33.8. The van der Waals surface area contributed by atoms with Crippen LogP contribution < -0.4 is 42.4 Å². The quantitative estimate of drug-likeness (QED) is 0.138. The van der Waals surface area contributed by atoms with E-state index in [-0.39, 0.29) is 58.9 Å². The number of aryl methyl sites for hydroxylation is 4. The van der Waals surface area contributed by atoms with Crippen molar-refractivity contribution in [2.45, 2.75) is 79.7 Å². The molecular weight excluding hydrogens is 747 g/mol. The average molecular weight is 798 g/mol. The molecule has 0 heterocycles. The van der Waals surface area contributed by atoms with E-state index < -0.39 is 9.52 Å². The molecule has 0 N–H and O–H groups in total. The van der Waals surface area contributed by atoms with Crippen LogP contribution in [0.5, 0.6) is 0 Å². The van der Waals surface area contributed by atoms with E-state index in [0.29, 0.717) is 5.54 Å². The first-order valence-electron chi connectivity index (χ1n) is 17.9. The van der Waals surface area contributed by atoms with E-state index in [9.17, 15) is 0 Å². The molecule has 6 rings (SSSR count). The first-order chi connectivity index (χ1) is 23.2. The Balaban J connectivity index is 0.00000234. The minimum Gasteiger partial charge on any atom is -1.00 e. The van der Waals surface area contributed by atoms with Gasteiger partial charge in [0.05, 0.1) is 9.52 Å². The van der Waals surface area contributed by atoms with Crippen molar-refractivity contribution in [2.24, 2.45) is 0 Å². The van der Waals surface area contributed by atoms with Gasteiger partial charge in [-0.05, 0) is 67.3 Å². The molecule has 0 aliphatic heterocycles. The van der Waals surface area contributed by atoms with Crippen LogP contribution in [-0.2, 0) is 47.4 Å². The molecule has 0 radical (unpaired) electrons. The number of benzene rings is 5. The molecule has 0 fully saturated rings. The van der Waals surface area contributed by atoms with Crippen molar-refractivity contribution in [1.82, 2.24) is 0 Å². The molecule has 0 saturated carbocycles. The summed E-state index contributed by atoms with van der Waals surface area (Å²) in [5.74, 6) is 0. The average Bonchev–Trinajstić information content (AvgIpc) is 3.30. The molecule has 6 aromatic carbocycles. The largest absolute Gasteiger partial charge is 4.00 e. The minimum atomic E-state index is -0.748. The molecule has 0 amide bonds. The fourth-order valence-corrected chi connectivity index (χ4v) is 10.4. The van der Waals surface area contributed by atoms with E-state index in [4.69, 9.17) is 0 Å². The number of rotatable bonds is 11. The Labute approximate surface area is 349 Å². The van der Waals surface area contributed by atoms with Gasteiger partial charge in [0.2, 0.25) is 0 Å². The smallest absolute Gasteiger partial charge is 1.00 e. The summed E-state index contributed by atoms with van der Waals surface area (Å²) < 4.78 is 0. The van der Waals surface area contributed by atoms with Gasteiger partial charge in [-0.2, -0.15) is 11.1 Å². The Bertz CT molecular complexity index is 1930. The molecule has 0 nitrogen and oxygen atoms in total. The number of hydrogen-bond acceptors (Lipinski definition) is 0. The van der Waals surface area contributed by atoms with Gasteiger partial charge in [0.15, 0.2) is 0 Å². The number of halogens is 3. The fourth-order valence-electron chi connectivity index (χ4n) is 7.85. The van der Waals surface area contributed by atoms with Crippen LogP contribution in [0.3, 0.4) is 0 Å². The normalized spacial score (nSPS) is 11.3. The molecule has 6 aromatic rings. The van der Waals surface area contributed by atoms with E-state index in [1.165, 1.54) is 77.9 Å². The predicted molar refractivity (Wildman–Crippen MR) is 211 cm³/mol. The SMILES string of the molecule is CCc1cc(CC)cc(C([SiH2]c2cc(C)cc(C)c2)[c-]2c(C)c(C)c(C)c2-c2cc(Cc3ccccc3)cc(Cc3ccccc3)c2)c1.[Cl-].[Cl-].[Cl-].[Ti+4]. The van der Waals surface area contributed by atoms with Crippen LogP contribution in [0.4, 0.5) is 0 Å². The van der Waals surface area contributed by atoms with Crippen LogP contribution in [0, 0.1) is 34.6 Å². The Morgan fingerprint density at radius 1 is 0.519 bits per heavy atom. The monoisotopic (exact) mass is 796 g/mol. The van der Waals surface area contributed by atoms with Crippen molar-refractivity contribution in [3.05, 3.63) is 188 Å². The van der Waals surface area contributed by atoms with Crippen molar-refractivity contribution in [1.29, 1.82) is 0 Å². The van der Waals surface area contributed by atoms with Crippen molar-refractivity contribution in [3.63, 3.8) is 0 Å². The molecule has 0 aliphatic carbocycles. The van der Waals surface area contributed by atoms with Gasteiger partial charge in [-0.15, -0.1) is 16.7 Å². The van der Waals surface area contributed by atoms with Gasteiger partial charge in [0.1, 0.15) is 0 Å². The molecule has 0 saturated heterocycles. The van der Waals surface area contributed by atoms with E-state index >= 15 is 0 Å². The fraction of sp³-hybridized carbons (Fsp3) is 0.255. The molecule has 268 valence electrons. The van der Waals surface area contributed by atoms with Gasteiger partial charge in [0, 0.05) is 0 Å². The van der Waals surface area contributed by atoms with Crippen LogP contribution in [-0.4, -0.2) is 9.52 Å². The maximum atomic E-state index is 2.53. The Morgan fingerprint density at radius 2 is 0.981 bits per heavy atom. The van der Waals surface area contributed by atoms with Gasteiger partial charge in [0.25, 0.3) is 0 Å². The summed E-state index contributed by atoms with van der Waals surface area (Å²) in [5.41, 5.74) is 21.8. The Morgan fingerprint density at radius 3 is 1.44 bits per heavy atom. The third kappa shape index (κ3) is 10.7. The Kier molecular flexibility index (Phi) is 18.0. The second-order valence-corrected chi connectivity index (χ2v) is 16.1. The zero-order valence-electron chi connectivity index (χ0n) is 31.7. The summed E-state index contributed by atoms with van der Waals surface area (Å²) >= 11 is 0. The molecule has 52 heavy (non-hydrogen) atoms. The molecular formula is C47H51Cl3SiTi. The summed E-state index contributed by atoms with van der Waals surface area (Å²) in [6.07, 6.45) is 3.99. The Hall–Kier alpha value is -2.75. The maximum Gasteiger partial charge on any atom is 4.00 e. The predicted octanol–water partition coefficient (Wildman–Crippen LogP) is 1.51. The summed E-state index contributed by atoms with van der Waals surface area (Å²) in [7, 11) is -0.748.